The Balaban J connectivity index is 1.83. The van der Waals surface area contributed by atoms with Crippen molar-refractivity contribution in [3.8, 4) is 0 Å². The highest BCUT2D eigenvalue weighted by Crippen LogP contribution is 2.29. The van der Waals surface area contributed by atoms with Gasteiger partial charge in [0.25, 0.3) is 10.0 Å². The number of amides is 1. The summed E-state index contributed by atoms with van der Waals surface area (Å²) in [4.78, 5) is 12.1. The third-order valence-corrected chi connectivity index (χ3v) is 7.26. The molecule has 0 spiro atoms. The van der Waals surface area contributed by atoms with E-state index in [0.29, 0.717) is 22.8 Å². The van der Waals surface area contributed by atoms with E-state index in [4.69, 9.17) is 4.52 Å². The lowest BCUT2D eigenvalue weighted by molar-refractivity contribution is -0.114. The second-order valence-electron chi connectivity index (χ2n) is 7.06. The van der Waals surface area contributed by atoms with Gasteiger partial charge in [-0.2, -0.15) is 0 Å². The fourth-order valence-electron chi connectivity index (χ4n) is 3.08. The summed E-state index contributed by atoms with van der Waals surface area (Å²) in [7, 11) is -3.71. The van der Waals surface area contributed by atoms with E-state index in [2.05, 4.69) is 15.2 Å². The van der Waals surface area contributed by atoms with E-state index in [0.717, 1.165) is 32.9 Å². The maximum atomic E-state index is 12.9. The molecule has 3 rings (SSSR count). The van der Waals surface area contributed by atoms with Crippen LogP contribution in [0.2, 0.25) is 0 Å². The number of hydrogen-bond acceptors (Lipinski definition) is 6. The van der Waals surface area contributed by atoms with Crippen molar-refractivity contribution in [1.82, 2.24) is 5.16 Å². The molecular formula is C21H23N3O4S2. The Bertz CT molecular complexity index is 1210. The fraction of sp³-hybridized carbons (Fsp3) is 0.238. The topological polar surface area (TPSA) is 101 Å². The maximum Gasteiger partial charge on any atom is 0.271 e. The Morgan fingerprint density at radius 1 is 1.07 bits per heavy atom. The summed E-state index contributed by atoms with van der Waals surface area (Å²) in [5, 5.41) is 6.53. The Kier molecular flexibility index (Phi) is 6.14. The van der Waals surface area contributed by atoms with Gasteiger partial charge < -0.3 is 9.84 Å². The third kappa shape index (κ3) is 4.80. The van der Waals surface area contributed by atoms with Crippen LogP contribution in [0.5, 0.6) is 0 Å². The molecule has 7 nitrogen and oxygen atoms in total. The predicted molar refractivity (Wildman–Crippen MR) is 120 cm³/mol. The second kappa shape index (κ2) is 8.45. The van der Waals surface area contributed by atoms with Gasteiger partial charge in [0.05, 0.1) is 5.69 Å². The van der Waals surface area contributed by atoms with Crippen LogP contribution in [0.4, 0.5) is 11.4 Å². The summed E-state index contributed by atoms with van der Waals surface area (Å²) >= 11 is 1.13. The number of anilines is 2. The lowest BCUT2D eigenvalue weighted by Gasteiger charge is -2.13. The van der Waals surface area contributed by atoms with Crippen LogP contribution in [0.15, 0.2) is 33.0 Å². The van der Waals surface area contributed by atoms with Gasteiger partial charge in [0.1, 0.15) is 15.6 Å². The minimum absolute atomic E-state index is 0.206. The average molecular weight is 446 g/mol. The molecule has 2 aromatic heterocycles. The first-order valence-corrected chi connectivity index (χ1v) is 11.5. The minimum Gasteiger partial charge on any atom is -0.354 e. The summed E-state index contributed by atoms with van der Waals surface area (Å²) < 4.78 is 33.9. The number of aromatic nitrogens is 1. The van der Waals surface area contributed by atoms with Gasteiger partial charge in [-0.1, -0.05) is 22.9 Å². The quantitative estimate of drug-likeness (QED) is 0.562. The van der Waals surface area contributed by atoms with Crippen molar-refractivity contribution in [3.63, 3.8) is 0 Å². The number of thiophene rings is 1. The molecule has 158 valence electrons. The molecule has 0 saturated heterocycles. The van der Waals surface area contributed by atoms with E-state index in [1.54, 1.807) is 31.2 Å². The van der Waals surface area contributed by atoms with Crippen LogP contribution in [0, 0.1) is 27.7 Å². The van der Waals surface area contributed by atoms with Gasteiger partial charge in [-0.15, -0.1) is 11.3 Å². The van der Waals surface area contributed by atoms with Gasteiger partial charge in [-0.3, -0.25) is 9.52 Å². The lowest BCUT2D eigenvalue weighted by atomic mass is 10.1. The number of nitrogens with one attached hydrogen (secondary N) is 2. The molecule has 0 saturated carbocycles. The molecule has 1 aromatic carbocycles. The van der Waals surface area contributed by atoms with Crippen molar-refractivity contribution in [2.75, 3.05) is 10.0 Å². The molecule has 9 heteroatoms. The summed E-state index contributed by atoms with van der Waals surface area (Å²) in [6, 6.07) is 7.16. The van der Waals surface area contributed by atoms with Crippen LogP contribution in [0.3, 0.4) is 0 Å². The van der Waals surface area contributed by atoms with Gasteiger partial charge in [-0.25, -0.2) is 8.42 Å². The summed E-state index contributed by atoms with van der Waals surface area (Å²) in [6.07, 6.45) is 3.37. The van der Waals surface area contributed by atoms with Crippen LogP contribution in [-0.2, 0) is 14.8 Å². The zero-order valence-corrected chi connectivity index (χ0v) is 19.0. The molecule has 0 fully saturated rings. The molecule has 0 aliphatic carbocycles. The van der Waals surface area contributed by atoms with Crippen molar-refractivity contribution in [2.24, 2.45) is 0 Å². The number of benzene rings is 1. The molecule has 3 aromatic rings. The Morgan fingerprint density at radius 3 is 2.37 bits per heavy atom. The molecule has 2 N–H and O–H groups in total. The molecule has 0 radical (unpaired) electrons. The number of sulfonamides is 1. The normalized spacial score (nSPS) is 11.8. The van der Waals surface area contributed by atoms with E-state index in [1.807, 2.05) is 32.9 Å². The van der Waals surface area contributed by atoms with E-state index < -0.39 is 10.0 Å². The van der Waals surface area contributed by atoms with E-state index in [-0.39, 0.29) is 10.1 Å². The van der Waals surface area contributed by atoms with Crippen molar-refractivity contribution >= 4 is 50.8 Å². The maximum absolute atomic E-state index is 12.9. The van der Waals surface area contributed by atoms with E-state index in [1.165, 1.54) is 6.92 Å². The summed E-state index contributed by atoms with van der Waals surface area (Å²) in [5.74, 6) is 0.165. The highest BCUT2D eigenvalue weighted by Gasteiger charge is 2.19. The molecular weight excluding hydrogens is 422 g/mol. The average Bonchev–Trinajstić information content (AvgIpc) is 3.25. The molecule has 0 unspecified atom stereocenters. The van der Waals surface area contributed by atoms with Crippen LogP contribution in [0.25, 0.3) is 12.2 Å². The third-order valence-electron chi connectivity index (χ3n) is 4.37. The fourth-order valence-corrected chi connectivity index (χ4v) is 5.51. The molecule has 30 heavy (non-hydrogen) atoms. The van der Waals surface area contributed by atoms with Gasteiger partial charge >= 0.3 is 0 Å². The van der Waals surface area contributed by atoms with E-state index in [9.17, 15) is 13.2 Å². The molecule has 0 aliphatic rings. The predicted octanol–water partition coefficient (Wildman–Crippen LogP) is 4.90. The molecule has 0 bridgehead atoms. The van der Waals surface area contributed by atoms with Crippen molar-refractivity contribution in [1.29, 1.82) is 0 Å². The Morgan fingerprint density at radius 2 is 1.73 bits per heavy atom. The Hall–Kier alpha value is -2.91. The van der Waals surface area contributed by atoms with Gasteiger partial charge in [0.15, 0.2) is 5.76 Å². The Labute approximate surface area is 179 Å². The van der Waals surface area contributed by atoms with Crippen molar-refractivity contribution in [2.45, 2.75) is 38.8 Å². The van der Waals surface area contributed by atoms with Crippen LogP contribution in [-0.4, -0.2) is 19.5 Å². The molecule has 0 aliphatic heterocycles. The van der Waals surface area contributed by atoms with Gasteiger partial charge in [0, 0.05) is 11.8 Å². The number of aryl methyl sites for hydroxylation is 4. The summed E-state index contributed by atoms with van der Waals surface area (Å²) in [5.41, 5.74) is 4.49. The highest BCUT2D eigenvalue weighted by atomic mass is 32.2. The van der Waals surface area contributed by atoms with Crippen molar-refractivity contribution < 1.29 is 17.7 Å². The summed E-state index contributed by atoms with van der Waals surface area (Å²) in [6.45, 7) is 8.87. The van der Waals surface area contributed by atoms with Crippen LogP contribution in [0.1, 0.15) is 39.9 Å². The highest BCUT2D eigenvalue weighted by molar-refractivity contribution is 7.94. The standard InChI is InChI=1S/C21H23N3O4S2/c1-12-10-13(2)20(14(3)11-12)24-30(26,27)19-9-7-17(29-19)6-8-18-21(22-16(5)25)15(4)23-28-18/h6-11,24H,1-5H3,(H,22,25). The number of hydrogen-bond donors (Lipinski definition) is 2. The zero-order valence-electron chi connectivity index (χ0n) is 17.4. The molecule has 2 heterocycles. The number of nitrogens with zero attached hydrogens (tertiary/aromatic N) is 1. The number of carbonyl (C=O) groups is 1. The number of rotatable bonds is 6. The number of carbonyl (C=O) groups excluding carboxylic acids is 1. The first-order valence-electron chi connectivity index (χ1n) is 9.19. The van der Waals surface area contributed by atoms with E-state index >= 15 is 0 Å². The smallest absolute Gasteiger partial charge is 0.271 e. The van der Waals surface area contributed by atoms with Crippen LogP contribution < -0.4 is 10.0 Å². The van der Waals surface area contributed by atoms with Crippen LogP contribution >= 0.6 is 11.3 Å². The second-order valence-corrected chi connectivity index (χ2v) is 10.1. The monoisotopic (exact) mass is 445 g/mol. The van der Waals surface area contributed by atoms with Gasteiger partial charge in [-0.05, 0) is 63.1 Å². The first kappa shape index (κ1) is 21.8. The largest absolute Gasteiger partial charge is 0.354 e. The van der Waals surface area contributed by atoms with Gasteiger partial charge in [0.2, 0.25) is 5.91 Å². The zero-order chi connectivity index (χ0) is 22.1. The minimum atomic E-state index is -3.71. The van der Waals surface area contributed by atoms with Crippen molar-refractivity contribution in [3.05, 3.63) is 57.3 Å². The molecule has 1 amide bonds. The first-order chi connectivity index (χ1) is 14.1. The SMILES string of the molecule is CC(=O)Nc1c(C)noc1C=Cc1ccc(S(=O)(=O)Nc2c(C)cc(C)cc2C)s1. The molecule has 0 atom stereocenters. The lowest BCUT2D eigenvalue weighted by Crippen LogP contribution is -2.13.